The lowest BCUT2D eigenvalue weighted by atomic mass is 10.1. The highest BCUT2D eigenvalue weighted by Crippen LogP contribution is 2.07. The first kappa shape index (κ1) is 14.0. The van der Waals surface area contributed by atoms with E-state index in [0.717, 1.165) is 6.42 Å². The first-order chi connectivity index (χ1) is 8.02. The highest BCUT2D eigenvalue weighted by Gasteiger charge is 2.12. The summed E-state index contributed by atoms with van der Waals surface area (Å²) < 4.78 is 24.3. The second-order valence-corrected chi connectivity index (χ2v) is 5.70. The van der Waals surface area contributed by atoms with E-state index >= 15 is 0 Å². The van der Waals surface area contributed by atoms with Gasteiger partial charge in [-0.05, 0) is 30.2 Å². The molecule has 0 fully saturated rings. The van der Waals surface area contributed by atoms with E-state index in [-0.39, 0.29) is 17.4 Å². The Hall–Kier alpha value is -1.03. The Morgan fingerprint density at radius 3 is 2.47 bits per heavy atom. The van der Waals surface area contributed by atoms with Crippen molar-refractivity contribution in [2.75, 3.05) is 11.5 Å². The van der Waals surface area contributed by atoms with Crippen LogP contribution in [0.25, 0.3) is 0 Å². The molecule has 1 aromatic carbocycles. The van der Waals surface area contributed by atoms with E-state index < -0.39 is 10.8 Å². The number of rotatable bonds is 6. The van der Waals surface area contributed by atoms with Crippen molar-refractivity contribution in [2.24, 2.45) is 5.92 Å². The lowest BCUT2D eigenvalue weighted by molar-refractivity contribution is 0.102. The Morgan fingerprint density at radius 1 is 1.35 bits per heavy atom. The minimum absolute atomic E-state index is 0.0238. The number of carbonyl (C=O) groups excluding carboxylic acids is 1. The molecule has 17 heavy (non-hydrogen) atoms. The topological polar surface area (TPSA) is 34.1 Å². The Balaban J connectivity index is 2.54. The summed E-state index contributed by atoms with van der Waals surface area (Å²) in [4.78, 5) is 11.7. The van der Waals surface area contributed by atoms with Crippen LogP contribution in [-0.4, -0.2) is 21.5 Å². The van der Waals surface area contributed by atoms with Gasteiger partial charge in [0.05, 0.1) is 5.75 Å². The largest absolute Gasteiger partial charge is 0.293 e. The molecule has 0 amide bonds. The summed E-state index contributed by atoms with van der Waals surface area (Å²) in [5.41, 5.74) is 0.420. The van der Waals surface area contributed by atoms with E-state index in [0.29, 0.717) is 17.2 Å². The highest BCUT2D eigenvalue weighted by molar-refractivity contribution is 7.85. The maximum Gasteiger partial charge on any atom is 0.175 e. The monoisotopic (exact) mass is 256 g/mol. The maximum absolute atomic E-state index is 12.7. The maximum atomic E-state index is 12.7. The van der Waals surface area contributed by atoms with E-state index in [9.17, 15) is 13.4 Å². The van der Waals surface area contributed by atoms with Crippen LogP contribution in [0.15, 0.2) is 24.3 Å². The van der Waals surface area contributed by atoms with Crippen molar-refractivity contribution in [3.63, 3.8) is 0 Å². The van der Waals surface area contributed by atoms with Crippen LogP contribution >= 0.6 is 0 Å². The van der Waals surface area contributed by atoms with Gasteiger partial charge in [-0.1, -0.05) is 20.3 Å². The molecule has 0 aromatic heterocycles. The predicted octanol–water partition coefficient (Wildman–Crippen LogP) is 2.80. The van der Waals surface area contributed by atoms with Gasteiger partial charge in [-0.3, -0.25) is 9.00 Å². The minimum Gasteiger partial charge on any atom is -0.293 e. The molecule has 1 rings (SSSR count). The van der Waals surface area contributed by atoms with E-state index in [1.165, 1.54) is 24.3 Å². The lowest BCUT2D eigenvalue weighted by Crippen LogP contribution is -2.16. The van der Waals surface area contributed by atoms with Crippen LogP contribution in [0.4, 0.5) is 4.39 Å². The van der Waals surface area contributed by atoms with Gasteiger partial charge in [-0.25, -0.2) is 4.39 Å². The third kappa shape index (κ3) is 4.77. The summed E-state index contributed by atoms with van der Waals surface area (Å²) in [6, 6.07) is 5.34. The zero-order chi connectivity index (χ0) is 12.8. The number of carbonyl (C=O) groups is 1. The molecule has 0 heterocycles. The summed E-state index contributed by atoms with van der Waals surface area (Å²) >= 11 is 0. The molecule has 4 heteroatoms. The summed E-state index contributed by atoms with van der Waals surface area (Å²) in [7, 11) is -1.13. The number of hydrogen-bond acceptors (Lipinski definition) is 2. The van der Waals surface area contributed by atoms with Crippen molar-refractivity contribution < 1.29 is 13.4 Å². The minimum atomic E-state index is -1.13. The smallest absolute Gasteiger partial charge is 0.175 e. The molecule has 0 aliphatic carbocycles. The predicted molar refractivity (Wildman–Crippen MR) is 68.1 cm³/mol. The van der Waals surface area contributed by atoms with E-state index in [4.69, 9.17) is 0 Å². The zero-order valence-corrected chi connectivity index (χ0v) is 10.9. The first-order valence-electron chi connectivity index (χ1n) is 5.66. The average molecular weight is 256 g/mol. The second kappa shape index (κ2) is 6.64. The molecule has 94 valence electrons. The van der Waals surface area contributed by atoms with Gasteiger partial charge in [0.15, 0.2) is 5.78 Å². The van der Waals surface area contributed by atoms with Crippen molar-refractivity contribution in [3.05, 3.63) is 35.6 Å². The molecule has 1 aromatic rings. The van der Waals surface area contributed by atoms with Gasteiger partial charge in [-0.2, -0.15) is 0 Å². The molecule has 0 N–H and O–H groups in total. The normalized spacial score (nSPS) is 14.3. The fraction of sp³-hybridized carbons (Fsp3) is 0.462. The van der Waals surface area contributed by atoms with Crippen molar-refractivity contribution >= 4 is 16.6 Å². The van der Waals surface area contributed by atoms with E-state index in [2.05, 4.69) is 0 Å². The summed E-state index contributed by atoms with van der Waals surface area (Å²) in [5, 5.41) is 0. The molecular weight excluding hydrogens is 239 g/mol. The van der Waals surface area contributed by atoms with Crippen molar-refractivity contribution in [1.29, 1.82) is 0 Å². The Kier molecular flexibility index (Phi) is 5.48. The fourth-order valence-corrected chi connectivity index (χ4v) is 2.81. The van der Waals surface area contributed by atoms with Crippen LogP contribution in [0.2, 0.25) is 0 Å². The average Bonchev–Trinajstić information content (AvgIpc) is 2.29. The highest BCUT2D eigenvalue weighted by atomic mass is 32.2. The molecular formula is C13H17FO2S. The van der Waals surface area contributed by atoms with Gasteiger partial charge in [-0.15, -0.1) is 0 Å². The number of benzene rings is 1. The molecule has 0 bridgehead atoms. The summed E-state index contributed by atoms with van der Waals surface area (Å²) in [6.45, 7) is 4.05. The van der Waals surface area contributed by atoms with Crippen molar-refractivity contribution in [1.82, 2.24) is 0 Å². The molecule has 2 nitrogen and oxygen atoms in total. The van der Waals surface area contributed by atoms with E-state index in [1.54, 1.807) is 0 Å². The Labute approximate surface area is 104 Å². The third-order valence-electron chi connectivity index (χ3n) is 2.63. The van der Waals surface area contributed by atoms with Gasteiger partial charge in [0, 0.05) is 22.1 Å². The van der Waals surface area contributed by atoms with E-state index in [1.807, 2.05) is 13.8 Å². The Morgan fingerprint density at radius 2 is 1.94 bits per heavy atom. The van der Waals surface area contributed by atoms with Crippen LogP contribution in [0.3, 0.4) is 0 Å². The van der Waals surface area contributed by atoms with Crippen LogP contribution < -0.4 is 0 Å². The molecule has 0 aliphatic rings. The van der Waals surface area contributed by atoms with Gasteiger partial charge < -0.3 is 0 Å². The SMILES string of the molecule is CCC(C)CS(=O)CC(=O)c1ccc(F)cc1. The molecule has 2 unspecified atom stereocenters. The van der Waals surface area contributed by atoms with Gasteiger partial charge >= 0.3 is 0 Å². The van der Waals surface area contributed by atoms with Crippen LogP contribution in [0.1, 0.15) is 30.6 Å². The second-order valence-electron chi connectivity index (χ2n) is 4.19. The summed E-state index contributed by atoms with van der Waals surface area (Å²) in [6.07, 6.45) is 0.955. The molecule has 0 spiro atoms. The van der Waals surface area contributed by atoms with Gasteiger partial charge in [0.25, 0.3) is 0 Å². The first-order valence-corrected chi connectivity index (χ1v) is 7.15. The van der Waals surface area contributed by atoms with Gasteiger partial charge in [0.2, 0.25) is 0 Å². The number of hydrogen-bond donors (Lipinski definition) is 0. The van der Waals surface area contributed by atoms with Crippen LogP contribution in [-0.2, 0) is 10.8 Å². The molecule has 0 saturated carbocycles. The molecule has 2 atom stereocenters. The number of ketones is 1. The number of halogens is 1. The standard InChI is InChI=1S/C13H17FO2S/c1-3-10(2)8-17(16)9-13(15)11-4-6-12(14)7-5-11/h4-7,10H,3,8-9H2,1-2H3. The number of Topliss-reactive ketones (excluding diaryl/α,β-unsaturated/α-hetero) is 1. The van der Waals surface area contributed by atoms with Crippen LogP contribution in [0, 0.1) is 11.7 Å². The van der Waals surface area contributed by atoms with Crippen molar-refractivity contribution in [3.8, 4) is 0 Å². The van der Waals surface area contributed by atoms with Gasteiger partial charge in [0.1, 0.15) is 5.82 Å². The summed E-state index contributed by atoms with van der Waals surface area (Å²) in [5.74, 6) is 0.366. The Bertz CT molecular complexity index is 400. The molecule has 0 saturated heterocycles. The third-order valence-corrected chi connectivity index (χ3v) is 4.15. The lowest BCUT2D eigenvalue weighted by Gasteiger charge is -2.07. The fourth-order valence-electron chi connectivity index (χ4n) is 1.36. The van der Waals surface area contributed by atoms with Crippen molar-refractivity contribution in [2.45, 2.75) is 20.3 Å². The zero-order valence-electron chi connectivity index (χ0n) is 10.1. The molecule has 0 aliphatic heterocycles. The molecule has 0 radical (unpaired) electrons. The van der Waals surface area contributed by atoms with Crippen LogP contribution in [0.5, 0.6) is 0 Å². The quantitative estimate of drug-likeness (QED) is 0.733.